The number of carbonyl (C=O) groups is 1. The van der Waals surface area contributed by atoms with Gasteiger partial charge in [0.1, 0.15) is 5.82 Å². The molecule has 162 valence electrons. The summed E-state index contributed by atoms with van der Waals surface area (Å²) in [6.07, 6.45) is 4.61. The van der Waals surface area contributed by atoms with E-state index in [1.165, 1.54) is 11.8 Å². The number of nitrogens with zero attached hydrogens (tertiary/aromatic N) is 2. The first-order valence-electron chi connectivity index (χ1n) is 10.7. The van der Waals surface area contributed by atoms with E-state index >= 15 is 0 Å². The van der Waals surface area contributed by atoms with Gasteiger partial charge in [-0.1, -0.05) is 62.0 Å². The second-order valence-electron chi connectivity index (χ2n) is 9.09. The number of H-pyrrole nitrogens is 1. The molecule has 0 saturated carbocycles. The molecule has 0 bridgehead atoms. The lowest BCUT2D eigenvalue weighted by Gasteiger charge is -2.38. The number of nitrogens with one attached hydrogen (secondary N) is 2. The first kappa shape index (κ1) is 20.7. The lowest BCUT2D eigenvalue weighted by atomic mass is 9.69. The Kier molecular flexibility index (Phi) is 5.21. The largest absolute Gasteiger partial charge is 0.343 e. The monoisotopic (exact) mass is 444 g/mol. The van der Waals surface area contributed by atoms with Crippen LogP contribution in [-0.4, -0.2) is 20.7 Å². The molecule has 32 heavy (non-hydrogen) atoms. The Morgan fingerprint density at radius 3 is 2.66 bits per heavy atom. The summed E-state index contributed by atoms with van der Waals surface area (Å²) in [4.78, 5) is 38.4. The number of rotatable bonds is 4. The fourth-order valence-electron chi connectivity index (χ4n) is 4.57. The molecule has 0 amide bonds. The maximum absolute atomic E-state index is 13.3. The van der Waals surface area contributed by atoms with Crippen molar-refractivity contribution in [2.24, 2.45) is 5.41 Å². The number of aromatic amines is 1. The van der Waals surface area contributed by atoms with E-state index in [1.54, 1.807) is 12.4 Å². The Morgan fingerprint density at radius 2 is 1.91 bits per heavy atom. The number of anilines is 1. The fraction of sp³-hybridized carbons (Fsp3) is 0.280. The fourth-order valence-corrected chi connectivity index (χ4v) is 5.38. The van der Waals surface area contributed by atoms with Gasteiger partial charge in [-0.05, 0) is 29.0 Å². The van der Waals surface area contributed by atoms with Crippen molar-refractivity contribution in [1.29, 1.82) is 0 Å². The summed E-state index contributed by atoms with van der Waals surface area (Å²) < 4.78 is 0. The van der Waals surface area contributed by atoms with Crippen LogP contribution in [0, 0.1) is 5.41 Å². The average molecular weight is 445 g/mol. The van der Waals surface area contributed by atoms with Gasteiger partial charge in [0.25, 0.3) is 5.56 Å². The van der Waals surface area contributed by atoms with Crippen LogP contribution in [0.15, 0.2) is 76.1 Å². The van der Waals surface area contributed by atoms with E-state index in [9.17, 15) is 9.59 Å². The second kappa shape index (κ2) is 8.06. The lowest BCUT2D eigenvalue weighted by molar-refractivity contribution is -0.118. The molecule has 0 spiro atoms. The molecule has 2 N–H and O–H groups in total. The topological polar surface area (TPSA) is 87.7 Å². The number of fused-ring (bicyclic) bond motifs is 1. The van der Waals surface area contributed by atoms with Gasteiger partial charge >= 0.3 is 0 Å². The molecule has 2 aliphatic rings. The zero-order valence-corrected chi connectivity index (χ0v) is 18.8. The molecule has 6 nitrogen and oxygen atoms in total. The minimum Gasteiger partial charge on any atom is -0.343 e. The third-order valence-electron chi connectivity index (χ3n) is 5.94. The normalized spacial score (nSPS) is 19.2. The molecule has 0 unspecified atom stereocenters. The van der Waals surface area contributed by atoms with Crippen molar-refractivity contribution in [3.63, 3.8) is 0 Å². The van der Waals surface area contributed by atoms with Gasteiger partial charge in [0.05, 0.1) is 5.56 Å². The van der Waals surface area contributed by atoms with E-state index < -0.39 is 5.92 Å². The minimum absolute atomic E-state index is 0.0742. The van der Waals surface area contributed by atoms with Crippen molar-refractivity contribution in [3.05, 3.63) is 93.2 Å². The molecule has 7 heteroatoms. The minimum atomic E-state index is -0.469. The highest BCUT2D eigenvalue weighted by atomic mass is 32.2. The van der Waals surface area contributed by atoms with Crippen LogP contribution in [0.3, 0.4) is 0 Å². The predicted octanol–water partition coefficient (Wildman–Crippen LogP) is 4.66. The van der Waals surface area contributed by atoms with Gasteiger partial charge in [-0.25, -0.2) is 4.98 Å². The number of hydrogen-bond acceptors (Lipinski definition) is 6. The highest BCUT2D eigenvalue weighted by Crippen LogP contribution is 2.47. The van der Waals surface area contributed by atoms with Crippen LogP contribution >= 0.6 is 11.8 Å². The Labute approximate surface area is 190 Å². The summed E-state index contributed by atoms with van der Waals surface area (Å²) in [5.74, 6) is 0.837. The lowest BCUT2D eigenvalue weighted by Crippen LogP contribution is -2.37. The zero-order chi connectivity index (χ0) is 22.3. The van der Waals surface area contributed by atoms with E-state index in [1.807, 2.05) is 42.5 Å². The summed E-state index contributed by atoms with van der Waals surface area (Å²) in [5, 5.41) is 3.91. The second-order valence-corrected chi connectivity index (χ2v) is 10.0. The quantitative estimate of drug-likeness (QED) is 0.450. The number of carbonyl (C=O) groups excluding carboxylic acids is 1. The van der Waals surface area contributed by atoms with Crippen LogP contribution < -0.4 is 10.9 Å². The Bertz CT molecular complexity index is 1270. The van der Waals surface area contributed by atoms with Crippen LogP contribution in [0.2, 0.25) is 0 Å². The number of thioether (sulfide) groups is 1. The van der Waals surface area contributed by atoms with Gasteiger partial charge in [-0.15, -0.1) is 0 Å². The standard InChI is InChI=1S/C25H24N4O2S/c1-25(2)11-17-20(18(30)12-25)19(16-9-6-10-26-13-16)21-22(27-17)28-24(29-23(21)31)32-14-15-7-4-3-5-8-15/h3-10,13,19H,11-12,14H2,1-2H3,(H2,27,28,29,31)/t19-/m1/s1. The Morgan fingerprint density at radius 1 is 1.09 bits per heavy atom. The Hall–Kier alpha value is -3.19. The van der Waals surface area contributed by atoms with Crippen molar-refractivity contribution < 1.29 is 4.79 Å². The van der Waals surface area contributed by atoms with Crippen molar-refractivity contribution in [1.82, 2.24) is 15.0 Å². The van der Waals surface area contributed by atoms with Crippen LogP contribution in [0.1, 0.15) is 49.3 Å². The van der Waals surface area contributed by atoms with Crippen LogP contribution in [0.25, 0.3) is 0 Å². The first-order valence-corrected chi connectivity index (χ1v) is 11.6. The average Bonchev–Trinajstić information content (AvgIpc) is 2.77. The summed E-state index contributed by atoms with van der Waals surface area (Å²) in [6, 6.07) is 13.8. The molecule has 0 radical (unpaired) electrons. The van der Waals surface area contributed by atoms with E-state index in [0.29, 0.717) is 34.3 Å². The van der Waals surface area contributed by atoms with Gasteiger partial charge in [-0.3, -0.25) is 14.6 Å². The van der Waals surface area contributed by atoms with Crippen LogP contribution in [0.5, 0.6) is 0 Å². The Balaban J connectivity index is 1.59. The SMILES string of the molecule is CC1(C)CC(=O)C2=C(C1)Nc1nc(SCc3ccccc3)[nH]c(=O)c1[C@@H]2c1cccnc1. The third-order valence-corrected chi connectivity index (χ3v) is 6.88. The van der Waals surface area contributed by atoms with Crippen molar-refractivity contribution >= 4 is 23.4 Å². The van der Waals surface area contributed by atoms with Gasteiger partial charge in [0, 0.05) is 41.8 Å². The number of Topliss-reactive ketones (excluding diaryl/α,β-unsaturated/α-hetero) is 1. The predicted molar refractivity (Wildman–Crippen MR) is 126 cm³/mol. The first-order chi connectivity index (χ1) is 15.4. The molecule has 1 aliphatic heterocycles. The number of ketones is 1. The molecule has 1 aliphatic carbocycles. The number of benzene rings is 1. The summed E-state index contributed by atoms with van der Waals surface area (Å²) in [7, 11) is 0. The van der Waals surface area contributed by atoms with E-state index in [0.717, 1.165) is 23.2 Å². The number of allylic oxidation sites excluding steroid dienone is 2. The molecule has 5 rings (SSSR count). The van der Waals surface area contributed by atoms with Gasteiger partial charge < -0.3 is 10.3 Å². The molecule has 0 saturated heterocycles. The highest BCUT2D eigenvalue weighted by molar-refractivity contribution is 7.98. The molecular weight excluding hydrogens is 420 g/mol. The molecule has 3 heterocycles. The van der Waals surface area contributed by atoms with Crippen molar-refractivity contribution in [2.75, 3.05) is 5.32 Å². The van der Waals surface area contributed by atoms with Crippen LogP contribution in [0.4, 0.5) is 5.82 Å². The van der Waals surface area contributed by atoms with E-state index in [2.05, 4.69) is 29.1 Å². The third kappa shape index (κ3) is 3.88. The molecule has 1 aromatic carbocycles. The van der Waals surface area contributed by atoms with Gasteiger partial charge in [-0.2, -0.15) is 0 Å². The maximum Gasteiger partial charge on any atom is 0.257 e. The smallest absolute Gasteiger partial charge is 0.257 e. The molecule has 3 aromatic rings. The number of hydrogen-bond donors (Lipinski definition) is 2. The number of aromatic nitrogens is 3. The summed E-state index contributed by atoms with van der Waals surface area (Å²) in [5.41, 5.74) is 3.62. The summed E-state index contributed by atoms with van der Waals surface area (Å²) >= 11 is 1.49. The summed E-state index contributed by atoms with van der Waals surface area (Å²) in [6.45, 7) is 4.19. The van der Waals surface area contributed by atoms with E-state index in [-0.39, 0.29) is 16.8 Å². The highest BCUT2D eigenvalue weighted by Gasteiger charge is 2.42. The number of pyridine rings is 1. The molecular formula is C25H24N4O2S. The maximum atomic E-state index is 13.3. The molecule has 0 fully saturated rings. The van der Waals surface area contributed by atoms with Gasteiger partial charge in [0.2, 0.25) is 0 Å². The molecule has 1 atom stereocenters. The molecule has 2 aromatic heterocycles. The van der Waals surface area contributed by atoms with Crippen molar-refractivity contribution in [2.45, 2.75) is 43.5 Å². The van der Waals surface area contributed by atoms with E-state index in [4.69, 9.17) is 4.98 Å². The van der Waals surface area contributed by atoms with Crippen LogP contribution in [-0.2, 0) is 10.5 Å². The van der Waals surface area contributed by atoms with Gasteiger partial charge in [0.15, 0.2) is 10.9 Å². The van der Waals surface area contributed by atoms with Crippen molar-refractivity contribution in [3.8, 4) is 0 Å². The zero-order valence-electron chi connectivity index (χ0n) is 18.0.